The summed E-state index contributed by atoms with van der Waals surface area (Å²) < 4.78 is 8.30. The largest absolute Gasteiger partial charge is 0.420 e. The Morgan fingerprint density at radius 2 is 1.72 bits per heavy atom. The Morgan fingerprint density at radius 1 is 0.969 bits per heavy atom. The van der Waals surface area contributed by atoms with Crippen molar-refractivity contribution < 1.29 is 9.21 Å². The fourth-order valence-corrected chi connectivity index (χ4v) is 3.56. The molecule has 8 nitrogen and oxygen atoms in total. The van der Waals surface area contributed by atoms with Crippen molar-refractivity contribution in [2.75, 3.05) is 0 Å². The fraction of sp³-hybridized carbons (Fsp3) is 0.0833. The molecule has 0 radical (unpaired) electrons. The number of amides is 1. The molecule has 32 heavy (non-hydrogen) atoms. The Labute approximate surface area is 182 Å². The van der Waals surface area contributed by atoms with Crippen LogP contribution in [0.2, 0.25) is 0 Å². The molecule has 1 amide bonds. The van der Waals surface area contributed by atoms with E-state index in [0.717, 1.165) is 22.5 Å². The highest BCUT2D eigenvalue weighted by Crippen LogP contribution is 2.23. The molecule has 0 aliphatic carbocycles. The molecule has 3 aromatic heterocycles. The molecule has 158 valence electrons. The number of rotatable bonds is 6. The van der Waals surface area contributed by atoms with Gasteiger partial charge in [0, 0.05) is 36.3 Å². The van der Waals surface area contributed by atoms with Gasteiger partial charge in [0.05, 0.1) is 16.9 Å². The first kappa shape index (κ1) is 19.5. The molecule has 5 rings (SSSR count). The minimum absolute atomic E-state index is 0.132. The number of carbonyl (C=O) groups excluding carboxylic acids is 1. The SMILES string of the molecule is O=C(Cn1c(=O)oc2ccccc21)NCc1cn(-c2ccccc2)nc1-c1ccncc1. The minimum atomic E-state index is -0.560. The number of nitrogens with one attached hydrogen (secondary N) is 1. The van der Waals surface area contributed by atoms with Gasteiger partial charge in [-0.05, 0) is 36.4 Å². The minimum Gasteiger partial charge on any atom is -0.408 e. The molecule has 2 aromatic carbocycles. The van der Waals surface area contributed by atoms with E-state index in [0.29, 0.717) is 11.1 Å². The maximum absolute atomic E-state index is 12.7. The first-order valence-corrected chi connectivity index (χ1v) is 10.1. The van der Waals surface area contributed by atoms with Crippen molar-refractivity contribution in [1.29, 1.82) is 0 Å². The van der Waals surface area contributed by atoms with Crippen molar-refractivity contribution in [3.63, 3.8) is 0 Å². The lowest BCUT2D eigenvalue weighted by Gasteiger charge is -2.06. The Hall–Kier alpha value is -4.46. The third kappa shape index (κ3) is 3.81. The van der Waals surface area contributed by atoms with E-state index >= 15 is 0 Å². The summed E-state index contributed by atoms with van der Waals surface area (Å²) in [6, 6.07) is 20.5. The van der Waals surface area contributed by atoms with Gasteiger partial charge in [-0.3, -0.25) is 14.3 Å². The zero-order valence-corrected chi connectivity index (χ0v) is 17.0. The molecule has 0 aliphatic heterocycles. The number of pyridine rings is 1. The summed E-state index contributed by atoms with van der Waals surface area (Å²) in [4.78, 5) is 28.9. The van der Waals surface area contributed by atoms with Crippen LogP contribution in [0, 0.1) is 0 Å². The lowest BCUT2D eigenvalue weighted by Crippen LogP contribution is -2.30. The predicted octanol–water partition coefficient (Wildman–Crippen LogP) is 3.16. The van der Waals surface area contributed by atoms with Crippen LogP contribution < -0.4 is 11.1 Å². The summed E-state index contributed by atoms with van der Waals surface area (Å²) in [6.45, 7) is 0.126. The molecule has 0 spiro atoms. The number of carbonyl (C=O) groups is 1. The Kier molecular flexibility index (Phi) is 5.09. The summed E-state index contributed by atoms with van der Waals surface area (Å²) in [5, 5.41) is 7.62. The van der Waals surface area contributed by atoms with Crippen LogP contribution in [0.25, 0.3) is 28.0 Å². The van der Waals surface area contributed by atoms with Crippen molar-refractivity contribution in [3.8, 4) is 16.9 Å². The molecule has 3 heterocycles. The topological polar surface area (TPSA) is 94.9 Å². The van der Waals surface area contributed by atoms with Crippen LogP contribution >= 0.6 is 0 Å². The van der Waals surface area contributed by atoms with E-state index in [1.54, 1.807) is 41.3 Å². The van der Waals surface area contributed by atoms with Crippen molar-refractivity contribution in [1.82, 2.24) is 24.6 Å². The van der Waals surface area contributed by atoms with Crippen LogP contribution in [-0.4, -0.2) is 25.2 Å². The van der Waals surface area contributed by atoms with Crippen LogP contribution in [-0.2, 0) is 17.9 Å². The summed E-state index contributed by atoms with van der Waals surface area (Å²) >= 11 is 0. The van der Waals surface area contributed by atoms with E-state index in [1.165, 1.54) is 4.57 Å². The van der Waals surface area contributed by atoms with Gasteiger partial charge < -0.3 is 9.73 Å². The average molecular weight is 425 g/mol. The lowest BCUT2D eigenvalue weighted by atomic mass is 10.1. The Bertz CT molecular complexity index is 1440. The van der Waals surface area contributed by atoms with E-state index in [4.69, 9.17) is 9.52 Å². The van der Waals surface area contributed by atoms with E-state index in [-0.39, 0.29) is 19.0 Å². The highest BCUT2D eigenvalue weighted by atomic mass is 16.4. The van der Waals surface area contributed by atoms with Gasteiger partial charge in [-0.15, -0.1) is 0 Å². The number of nitrogens with zero attached hydrogens (tertiary/aromatic N) is 4. The molecule has 0 saturated carbocycles. The summed E-state index contributed by atoms with van der Waals surface area (Å²) in [5.41, 5.74) is 4.45. The quantitative estimate of drug-likeness (QED) is 0.451. The van der Waals surface area contributed by atoms with E-state index in [2.05, 4.69) is 10.3 Å². The van der Waals surface area contributed by atoms with Crippen LogP contribution in [0.3, 0.4) is 0 Å². The molecular formula is C24H19N5O3. The van der Waals surface area contributed by atoms with Crippen LogP contribution in [0.1, 0.15) is 5.56 Å². The molecule has 0 atom stereocenters. The van der Waals surface area contributed by atoms with Gasteiger partial charge in [0.1, 0.15) is 6.54 Å². The standard InChI is InChI=1S/C24H19N5O3/c30-22(16-28-20-8-4-5-9-21(20)32-24(28)31)26-14-18-15-29(19-6-2-1-3-7-19)27-23(18)17-10-12-25-13-11-17/h1-13,15H,14,16H2,(H,26,30). The number of fused-ring (bicyclic) bond motifs is 1. The second kappa shape index (κ2) is 8.35. The third-order valence-corrected chi connectivity index (χ3v) is 5.12. The average Bonchev–Trinajstić information content (AvgIpc) is 3.40. The van der Waals surface area contributed by atoms with Gasteiger partial charge in [0.2, 0.25) is 5.91 Å². The van der Waals surface area contributed by atoms with Crippen molar-refractivity contribution in [2.45, 2.75) is 13.1 Å². The first-order chi connectivity index (χ1) is 15.7. The summed E-state index contributed by atoms with van der Waals surface area (Å²) in [6.07, 6.45) is 5.30. The molecular weight excluding hydrogens is 406 g/mol. The molecule has 0 saturated heterocycles. The highest BCUT2D eigenvalue weighted by molar-refractivity contribution is 5.79. The van der Waals surface area contributed by atoms with Crippen LogP contribution in [0.15, 0.2) is 94.5 Å². The predicted molar refractivity (Wildman–Crippen MR) is 119 cm³/mol. The molecule has 0 unspecified atom stereocenters. The van der Waals surface area contributed by atoms with Gasteiger partial charge in [0.15, 0.2) is 5.58 Å². The molecule has 0 bridgehead atoms. The van der Waals surface area contributed by atoms with Gasteiger partial charge in [-0.1, -0.05) is 30.3 Å². The fourth-order valence-electron chi connectivity index (χ4n) is 3.56. The second-order valence-electron chi connectivity index (χ2n) is 7.22. The van der Waals surface area contributed by atoms with Gasteiger partial charge in [-0.2, -0.15) is 5.10 Å². The third-order valence-electron chi connectivity index (χ3n) is 5.12. The maximum atomic E-state index is 12.7. The van der Waals surface area contributed by atoms with Gasteiger partial charge >= 0.3 is 5.76 Å². The van der Waals surface area contributed by atoms with Gasteiger partial charge in [-0.25, -0.2) is 9.48 Å². The number of aromatic nitrogens is 4. The normalized spacial score (nSPS) is 11.0. The zero-order valence-electron chi connectivity index (χ0n) is 17.0. The Morgan fingerprint density at radius 3 is 2.53 bits per heavy atom. The number of oxazole rings is 1. The molecule has 1 N–H and O–H groups in total. The zero-order chi connectivity index (χ0) is 21.9. The van der Waals surface area contributed by atoms with E-state index in [1.807, 2.05) is 48.7 Å². The molecule has 5 aromatic rings. The maximum Gasteiger partial charge on any atom is 0.420 e. The molecule has 0 aliphatic rings. The number of para-hydroxylation sites is 3. The monoisotopic (exact) mass is 425 g/mol. The smallest absolute Gasteiger partial charge is 0.408 e. The van der Waals surface area contributed by atoms with Crippen LogP contribution in [0.4, 0.5) is 0 Å². The summed E-state index contributed by atoms with van der Waals surface area (Å²) in [7, 11) is 0. The first-order valence-electron chi connectivity index (χ1n) is 10.1. The van der Waals surface area contributed by atoms with E-state index < -0.39 is 5.76 Å². The number of benzene rings is 2. The summed E-state index contributed by atoms with van der Waals surface area (Å²) in [5.74, 6) is -0.859. The second-order valence-corrected chi connectivity index (χ2v) is 7.22. The Balaban J connectivity index is 1.39. The van der Waals surface area contributed by atoms with Crippen LogP contribution in [0.5, 0.6) is 0 Å². The highest BCUT2D eigenvalue weighted by Gasteiger charge is 2.15. The van der Waals surface area contributed by atoms with Crippen molar-refractivity contribution in [2.24, 2.45) is 0 Å². The lowest BCUT2D eigenvalue weighted by molar-refractivity contribution is -0.121. The van der Waals surface area contributed by atoms with Gasteiger partial charge in [0.25, 0.3) is 0 Å². The number of hydrogen-bond donors (Lipinski definition) is 1. The molecule has 0 fully saturated rings. The number of hydrogen-bond acceptors (Lipinski definition) is 5. The van der Waals surface area contributed by atoms with Crippen molar-refractivity contribution in [3.05, 3.63) is 101 Å². The molecule has 8 heteroatoms. The van der Waals surface area contributed by atoms with E-state index in [9.17, 15) is 9.59 Å². The van der Waals surface area contributed by atoms with Crippen molar-refractivity contribution >= 4 is 17.0 Å².